The number of carbonyl (C=O) groups is 1. The zero-order valence-electron chi connectivity index (χ0n) is 12.8. The van der Waals surface area contributed by atoms with Crippen LogP contribution in [0.25, 0.3) is 0 Å². The van der Waals surface area contributed by atoms with Crippen LogP contribution in [0.1, 0.15) is 40.5 Å². The molecule has 1 heterocycles. The molecule has 0 saturated carbocycles. The number of pyridine rings is 1. The van der Waals surface area contributed by atoms with Gasteiger partial charge in [0, 0.05) is 24.5 Å². The van der Waals surface area contributed by atoms with Gasteiger partial charge in [0.05, 0.1) is 0 Å². The molecule has 0 bridgehead atoms. The first-order valence-corrected chi connectivity index (χ1v) is 8.36. The Morgan fingerprint density at radius 3 is 2.19 bits per heavy atom. The maximum absolute atomic E-state index is 12.4. The first-order chi connectivity index (χ1) is 9.72. The van der Waals surface area contributed by atoms with E-state index in [9.17, 15) is 17.8 Å². The highest BCUT2D eigenvalue weighted by molar-refractivity contribution is 7.87. The van der Waals surface area contributed by atoms with Crippen molar-refractivity contribution in [3.8, 4) is 0 Å². The van der Waals surface area contributed by atoms with E-state index in [-0.39, 0.29) is 18.7 Å². The molecule has 1 atom stereocenters. The molecule has 0 spiro atoms. The summed E-state index contributed by atoms with van der Waals surface area (Å²) in [5.74, 6) is -0.851. The molecule has 0 radical (unpaired) electrons. The van der Waals surface area contributed by atoms with Gasteiger partial charge < -0.3 is 0 Å². The topological polar surface area (TPSA) is 87.6 Å². The molecule has 1 N–H and O–H groups in total. The van der Waals surface area contributed by atoms with Crippen LogP contribution in [0.5, 0.6) is 0 Å². The van der Waals surface area contributed by atoms with Crippen molar-refractivity contribution in [1.29, 1.82) is 0 Å². The summed E-state index contributed by atoms with van der Waals surface area (Å²) in [4.78, 5) is 15.8. The maximum Gasteiger partial charge on any atom is 0.289 e. The van der Waals surface area contributed by atoms with E-state index < -0.39 is 20.9 Å². The minimum absolute atomic E-state index is 0.0809. The molecule has 0 aromatic carbocycles. The summed E-state index contributed by atoms with van der Waals surface area (Å²) in [6.45, 7) is 6.65. The van der Waals surface area contributed by atoms with Gasteiger partial charge in [-0.15, -0.1) is 0 Å². The predicted molar refractivity (Wildman–Crippen MR) is 81.4 cm³/mol. The fraction of sp³-hybridized carbons (Fsp3) is 0.571. The van der Waals surface area contributed by atoms with E-state index in [2.05, 4.69) is 4.98 Å². The number of amides is 1. The van der Waals surface area contributed by atoms with Gasteiger partial charge in [0.15, 0.2) is 4.87 Å². The molecule has 6 nitrogen and oxygen atoms in total. The molecular weight excluding hydrogens is 292 g/mol. The minimum atomic E-state index is -4.49. The first kappa shape index (κ1) is 17.6. The minimum Gasteiger partial charge on any atom is -0.289 e. The summed E-state index contributed by atoms with van der Waals surface area (Å²) in [5, 5.41) is 0. The molecule has 118 valence electrons. The lowest BCUT2D eigenvalue weighted by Gasteiger charge is -2.43. The van der Waals surface area contributed by atoms with Gasteiger partial charge in [-0.2, -0.15) is 8.42 Å². The molecule has 7 heteroatoms. The third-order valence-electron chi connectivity index (χ3n) is 3.71. The zero-order valence-corrected chi connectivity index (χ0v) is 13.6. The molecule has 1 rings (SSSR count). The molecule has 1 aromatic rings. The Labute approximate surface area is 125 Å². The Morgan fingerprint density at radius 2 is 1.86 bits per heavy atom. The number of anilines is 1. The van der Waals surface area contributed by atoms with Crippen LogP contribution in [0.2, 0.25) is 0 Å². The Bertz CT molecular complexity index is 586. The van der Waals surface area contributed by atoms with Gasteiger partial charge >= 0.3 is 0 Å². The van der Waals surface area contributed by atoms with Crippen LogP contribution in [-0.2, 0) is 14.9 Å². The van der Waals surface area contributed by atoms with Crippen molar-refractivity contribution in [2.75, 3.05) is 4.90 Å². The van der Waals surface area contributed by atoms with E-state index in [0.29, 0.717) is 5.69 Å². The van der Waals surface area contributed by atoms with E-state index in [0.717, 1.165) is 0 Å². The monoisotopic (exact) mass is 314 g/mol. The smallest absolute Gasteiger partial charge is 0.289 e. The first-order valence-electron chi connectivity index (χ1n) is 6.92. The van der Waals surface area contributed by atoms with Crippen molar-refractivity contribution in [3.05, 3.63) is 24.5 Å². The Hall–Kier alpha value is -1.47. The number of nitrogens with zero attached hydrogens (tertiary/aromatic N) is 2. The number of aromatic nitrogens is 1. The summed E-state index contributed by atoms with van der Waals surface area (Å²) >= 11 is 0. The molecule has 0 aliphatic heterocycles. The molecule has 0 saturated heterocycles. The standard InChI is InChI=1S/C14H22N2O4S/c1-5-13(17)16(12-7-9-15-10-8-12)14(6-2,11(3)4)21(18,19)20/h7-11H,5-6H2,1-4H3,(H,18,19,20). The van der Waals surface area contributed by atoms with Crippen LogP contribution < -0.4 is 4.90 Å². The van der Waals surface area contributed by atoms with Crippen LogP contribution in [0.15, 0.2) is 24.5 Å². The van der Waals surface area contributed by atoms with E-state index in [1.807, 2.05) is 0 Å². The summed E-state index contributed by atoms with van der Waals surface area (Å²) in [5.41, 5.74) is 0.407. The second-order valence-electron chi connectivity index (χ2n) is 5.12. The van der Waals surface area contributed by atoms with Gasteiger partial charge in [0.2, 0.25) is 5.91 Å². The van der Waals surface area contributed by atoms with E-state index in [1.54, 1.807) is 39.8 Å². The fourth-order valence-corrected chi connectivity index (χ4v) is 4.04. The second-order valence-corrected chi connectivity index (χ2v) is 6.77. The molecule has 1 aromatic heterocycles. The van der Waals surface area contributed by atoms with E-state index in [1.165, 1.54) is 17.3 Å². The van der Waals surface area contributed by atoms with Crippen molar-refractivity contribution in [2.45, 2.75) is 45.4 Å². The number of hydrogen-bond donors (Lipinski definition) is 1. The van der Waals surface area contributed by atoms with E-state index >= 15 is 0 Å². The molecule has 1 unspecified atom stereocenters. The van der Waals surface area contributed by atoms with Gasteiger partial charge in [-0.3, -0.25) is 19.2 Å². The average Bonchev–Trinajstić information content (AvgIpc) is 2.43. The largest absolute Gasteiger partial charge is 0.289 e. The van der Waals surface area contributed by atoms with Crippen LogP contribution in [0.3, 0.4) is 0 Å². The van der Waals surface area contributed by atoms with Gasteiger partial charge in [0.1, 0.15) is 0 Å². The van der Waals surface area contributed by atoms with Crippen LogP contribution in [0.4, 0.5) is 5.69 Å². The lowest BCUT2D eigenvalue weighted by atomic mass is 9.97. The Balaban J connectivity index is 3.65. The third-order valence-corrected chi connectivity index (χ3v) is 5.54. The second kappa shape index (κ2) is 6.53. The van der Waals surface area contributed by atoms with Crippen LogP contribution >= 0.6 is 0 Å². The van der Waals surface area contributed by atoms with Crippen molar-refractivity contribution in [3.63, 3.8) is 0 Å². The summed E-state index contributed by atoms with van der Waals surface area (Å²) in [6.07, 6.45) is 3.18. The Kier molecular flexibility index (Phi) is 5.47. The average molecular weight is 314 g/mol. The molecule has 0 aliphatic carbocycles. The van der Waals surface area contributed by atoms with Crippen LogP contribution in [-0.4, -0.2) is 28.7 Å². The lowest BCUT2D eigenvalue weighted by Crippen LogP contribution is -2.60. The maximum atomic E-state index is 12.4. The van der Waals surface area contributed by atoms with Crippen molar-refractivity contribution in [2.24, 2.45) is 5.92 Å². The normalized spacial score (nSPS) is 14.8. The highest BCUT2D eigenvalue weighted by Gasteiger charge is 2.51. The van der Waals surface area contributed by atoms with E-state index in [4.69, 9.17) is 0 Å². The predicted octanol–water partition coefficient (Wildman–Crippen LogP) is 2.47. The fourth-order valence-electron chi connectivity index (χ4n) is 2.65. The van der Waals surface area contributed by atoms with Crippen molar-refractivity contribution in [1.82, 2.24) is 4.98 Å². The molecule has 1 amide bonds. The van der Waals surface area contributed by atoms with Gasteiger partial charge in [-0.05, 0) is 24.5 Å². The molecule has 21 heavy (non-hydrogen) atoms. The number of carbonyl (C=O) groups excluding carboxylic acids is 1. The molecular formula is C14H22N2O4S. The van der Waals surface area contributed by atoms with Crippen molar-refractivity contribution >= 4 is 21.7 Å². The lowest BCUT2D eigenvalue weighted by molar-refractivity contribution is -0.119. The highest BCUT2D eigenvalue weighted by atomic mass is 32.2. The van der Waals surface area contributed by atoms with Gasteiger partial charge in [-0.1, -0.05) is 27.7 Å². The SMILES string of the molecule is CCC(=O)N(c1ccncc1)C(CC)(C(C)C)S(=O)(=O)O. The van der Waals surface area contributed by atoms with Crippen molar-refractivity contribution < 1.29 is 17.8 Å². The third kappa shape index (κ3) is 3.08. The number of hydrogen-bond acceptors (Lipinski definition) is 4. The van der Waals surface area contributed by atoms with Crippen LogP contribution in [0, 0.1) is 5.92 Å². The number of rotatable bonds is 6. The van der Waals surface area contributed by atoms with Gasteiger partial charge in [-0.25, -0.2) is 0 Å². The highest BCUT2D eigenvalue weighted by Crippen LogP contribution is 2.37. The molecule has 0 fully saturated rings. The Morgan fingerprint density at radius 1 is 1.33 bits per heavy atom. The van der Waals surface area contributed by atoms with Gasteiger partial charge in [0.25, 0.3) is 10.1 Å². The zero-order chi connectivity index (χ0) is 16.3. The summed E-state index contributed by atoms with van der Waals surface area (Å²) in [7, 11) is -4.49. The quantitative estimate of drug-likeness (QED) is 0.815. The molecule has 0 aliphatic rings. The summed E-state index contributed by atoms with van der Waals surface area (Å²) < 4.78 is 34.1. The summed E-state index contributed by atoms with van der Waals surface area (Å²) in [6, 6.07) is 3.12.